The van der Waals surface area contributed by atoms with Crippen LogP contribution in [0, 0.1) is 0 Å². The highest BCUT2D eigenvalue weighted by atomic mass is 32.1. The number of hydrogen-bond donors (Lipinski definition) is 2. The van der Waals surface area contributed by atoms with Crippen LogP contribution in [0.2, 0.25) is 0 Å². The zero-order valence-corrected chi connectivity index (χ0v) is 13.1. The van der Waals surface area contributed by atoms with Gasteiger partial charge in [0, 0.05) is 17.7 Å². The first kappa shape index (κ1) is 15.5. The monoisotopic (exact) mass is 304 g/mol. The van der Waals surface area contributed by atoms with E-state index in [0.717, 1.165) is 16.1 Å². The summed E-state index contributed by atoms with van der Waals surface area (Å²) in [5.74, 6) is -0.0134. The molecule has 5 heteroatoms. The van der Waals surface area contributed by atoms with Gasteiger partial charge in [0.1, 0.15) is 6.04 Å². The summed E-state index contributed by atoms with van der Waals surface area (Å²) in [6.45, 7) is 2.99. The van der Waals surface area contributed by atoms with E-state index in [0.29, 0.717) is 13.2 Å². The van der Waals surface area contributed by atoms with Crippen molar-refractivity contribution in [3.8, 4) is 0 Å². The second-order valence-electron chi connectivity index (χ2n) is 4.80. The van der Waals surface area contributed by atoms with Crippen LogP contribution in [0.3, 0.4) is 0 Å². The van der Waals surface area contributed by atoms with E-state index in [1.54, 1.807) is 18.4 Å². The van der Waals surface area contributed by atoms with Crippen molar-refractivity contribution >= 4 is 22.9 Å². The number of rotatable bonds is 7. The molecule has 0 bridgehead atoms. The molecule has 0 aliphatic heterocycles. The SMILES string of the molecule is COCc1cccc(NC(C)C(=O)NCc2cccs2)c1. The molecule has 1 unspecified atom stereocenters. The molecule has 112 valence electrons. The minimum absolute atomic E-state index is 0.0134. The van der Waals surface area contributed by atoms with E-state index < -0.39 is 0 Å². The van der Waals surface area contributed by atoms with Gasteiger partial charge in [-0.3, -0.25) is 4.79 Å². The van der Waals surface area contributed by atoms with Crippen LogP contribution in [0.15, 0.2) is 41.8 Å². The number of methoxy groups -OCH3 is 1. The molecule has 0 aliphatic rings. The summed E-state index contributed by atoms with van der Waals surface area (Å²) >= 11 is 1.64. The maximum atomic E-state index is 12.1. The molecule has 0 saturated carbocycles. The summed E-state index contributed by atoms with van der Waals surface area (Å²) in [7, 11) is 1.67. The lowest BCUT2D eigenvalue weighted by molar-refractivity contribution is -0.121. The maximum absolute atomic E-state index is 12.1. The van der Waals surface area contributed by atoms with Crippen LogP contribution in [-0.2, 0) is 22.7 Å². The molecule has 1 amide bonds. The summed E-state index contributed by atoms with van der Waals surface area (Å²) in [4.78, 5) is 13.2. The highest BCUT2D eigenvalue weighted by molar-refractivity contribution is 7.09. The first-order chi connectivity index (χ1) is 10.2. The average molecular weight is 304 g/mol. The lowest BCUT2D eigenvalue weighted by atomic mass is 10.2. The minimum Gasteiger partial charge on any atom is -0.380 e. The van der Waals surface area contributed by atoms with Crippen LogP contribution in [0.5, 0.6) is 0 Å². The highest BCUT2D eigenvalue weighted by Crippen LogP contribution is 2.13. The third-order valence-electron chi connectivity index (χ3n) is 3.03. The second kappa shape index (κ2) is 7.81. The smallest absolute Gasteiger partial charge is 0.242 e. The summed E-state index contributed by atoms with van der Waals surface area (Å²) < 4.78 is 5.11. The normalized spacial score (nSPS) is 11.9. The van der Waals surface area contributed by atoms with Crippen LogP contribution in [0.4, 0.5) is 5.69 Å². The van der Waals surface area contributed by atoms with E-state index >= 15 is 0 Å². The topological polar surface area (TPSA) is 50.4 Å². The van der Waals surface area contributed by atoms with Crippen molar-refractivity contribution in [2.45, 2.75) is 26.1 Å². The Balaban J connectivity index is 1.86. The van der Waals surface area contributed by atoms with E-state index in [9.17, 15) is 4.79 Å². The van der Waals surface area contributed by atoms with Gasteiger partial charge in [0.2, 0.25) is 5.91 Å². The summed E-state index contributed by atoms with van der Waals surface area (Å²) in [5.41, 5.74) is 2.00. The predicted octanol–water partition coefficient (Wildman–Crippen LogP) is 3.01. The zero-order valence-electron chi connectivity index (χ0n) is 12.3. The lowest BCUT2D eigenvalue weighted by Crippen LogP contribution is -2.37. The summed E-state index contributed by atoms with van der Waals surface area (Å²) in [5, 5.41) is 8.14. The average Bonchev–Trinajstić information content (AvgIpc) is 2.98. The number of thiophene rings is 1. The van der Waals surface area contributed by atoms with Gasteiger partial charge in [-0.1, -0.05) is 18.2 Å². The zero-order chi connectivity index (χ0) is 15.1. The van der Waals surface area contributed by atoms with Crippen LogP contribution in [-0.4, -0.2) is 19.1 Å². The van der Waals surface area contributed by atoms with Gasteiger partial charge in [-0.25, -0.2) is 0 Å². The molecule has 0 saturated heterocycles. The van der Waals surface area contributed by atoms with E-state index in [2.05, 4.69) is 10.6 Å². The van der Waals surface area contributed by atoms with Gasteiger partial charge in [-0.05, 0) is 36.1 Å². The van der Waals surface area contributed by atoms with Crippen molar-refractivity contribution in [3.63, 3.8) is 0 Å². The molecule has 1 heterocycles. The van der Waals surface area contributed by atoms with Crippen molar-refractivity contribution in [2.75, 3.05) is 12.4 Å². The van der Waals surface area contributed by atoms with E-state index in [4.69, 9.17) is 4.74 Å². The fraction of sp³-hybridized carbons (Fsp3) is 0.312. The minimum atomic E-state index is -0.289. The largest absolute Gasteiger partial charge is 0.380 e. The third kappa shape index (κ3) is 4.88. The number of carbonyl (C=O) groups is 1. The Labute approximate surface area is 129 Å². The Morgan fingerprint density at radius 2 is 2.19 bits per heavy atom. The Kier molecular flexibility index (Phi) is 5.78. The number of ether oxygens (including phenoxy) is 1. The van der Waals surface area contributed by atoms with E-state index in [1.165, 1.54) is 0 Å². The van der Waals surface area contributed by atoms with Gasteiger partial charge in [-0.2, -0.15) is 0 Å². The quantitative estimate of drug-likeness (QED) is 0.827. The highest BCUT2D eigenvalue weighted by Gasteiger charge is 2.12. The van der Waals surface area contributed by atoms with Crippen LogP contribution >= 0.6 is 11.3 Å². The molecule has 1 atom stereocenters. The Morgan fingerprint density at radius 1 is 1.33 bits per heavy atom. The number of amides is 1. The fourth-order valence-electron chi connectivity index (χ4n) is 1.97. The van der Waals surface area contributed by atoms with Gasteiger partial charge in [-0.15, -0.1) is 11.3 Å². The van der Waals surface area contributed by atoms with Gasteiger partial charge < -0.3 is 15.4 Å². The van der Waals surface area contributed by atoms with Gasteiger partial charge in [0.25, 0.3) is 0 Å². The standard InChI is InChI=1S/C16H20N2O2S/c1-12(16(19)17-10-15-7-4-8-21-15)18-14-6-3-5-13(9-14)11-20-2/h3-9,12,18H,10-11H2,1-2H3,(H,17,19). The predicted molar refractivity (Wildman–Crippen MR) is 86.4 cm³/mol. The Morgan fingerprint density at radius 3 is 2.90 bits per heavy atom. The van der Waals surface area contributed by atoms with Gasteiger partial charge >= 0.3 is 0 Å². The van der Waals surface area contributed by atoms with Crippen LogP contribution in [0.25, 0.3) is 0 Å². The first-order valence-electron chi connectivity index (χ1n) is 6.83. The Hall–Kier alpha value is -1.85. The molecule has 21 heavy (non-hydrogen) atoms. The van der Waals surface area contributed by atoms with Gasteiger partial charge in [0.15, 0.2) is 0 Å². The fourth-order valence-corrected chi connectivity index (χ4v) is 2.62. The lowest BCUT2D eigenvalue weighted by Gasteiger charge is -2.15. The third-order valence-corrected chi connectivity index (χ3v) is 3.91. The summed E-state index contributed by atoms with van der Waals surface area (Å²) in [6, 6.07) is 11.6. The molecule has 2 aromatic rings. The maximum Gasteiger partial charge on any atom is 0.242 e. The van der Waals surface area contributed by atoms with Crippen molar-refractivity contribution in [1.29, 1.82) is 0 Å². The molecule has 1 aromatic carbocycles. The van der Waals surface area contributed by atoms with E-state index in [1.807, 2.05) is 48.7 Å². The summed E-state index contributed by atoms with van der Waals surface area (Å²) in [6.07, 6.45) is 0. The molecular weight excluding hydrogens is 284 g/mol. The number of anilines is 1. The molecular formula is C16H20N2O2S. The van der Waals surface area contributed by atoms with Crippen LogP contribution < -0.4 is 10.6 Å². The Bertz CT molecular complexity index is 569. The van der Waals surface area contributed by atoms with Crippen molar-refractivity contribution in [3.05, 3.63) is 52.2 Å². The van der Waals surface area contributed by atoms with Crippen LogP contribution in [0.1, 0.15) is 17.4 Å². The first-order valence-corrected chi connectivity index (χ1v) is 7.71. The second-order valence-corrected chi connectivity index (χ2v) is 5.83. The number of nitrogens with one attached hydrogen (secondary N) is 2. The molecule has 1 aromatic heterocycles. The number of hydrogen-bond acceptors (Lipinski definition) is 4. The molecule has 2 rings (SSSR count). The molecule has 0 fully saturated rings. The number of benzene rings is 1. The molecule has 2 N–H and O–H groups in total. The van der Waals surface area contributed by atoms with Crippen molar-refractivity contribution in [2.24, 2.45) is 0 Å². The van der Waals surface area contributed by atoms with Gasteiger partial charge in [0.05, 0.1) is 13.2 Å². The molecule has 0 spiro atoms. The molecule has 0 radical (unpaired) electrons. The molecule has 4 nitrogen and oxygen atoms in total. The molecule has 0 aliphatic carbocycles. The number of carbonyl (C=O) groups excluding carboxylic acids is 1. The van der Waals surface area contributed by atoms with Crippen molar-refractivity contribution in [1.82, 2.24) is 5.32 Å². The van der Waals surface area contributed by atoms with E-state index in [-0.39, 0.29) is 11.9 Å². The van der Waals surface area contributed by atoms with Crippen molar-refractivity contribution < 1.29 is 9.53 Å².